The fourth-order valence-corrected chi connectivity index (χ4v) is 2.89. The van der Waals surface area contributed by atoms with Crippen molar-refractivity contribution in [3.05, 3.63) is 35.0 Å². The van der Waals surface area contributed by atoms with Gasteiger partial charge in [0.15, 0.2) is 0 Å². The largest absolute Gasteiger partial charge is 0.398 e. The number of thiazole rings is 1. The molecule has 0 aliphatic heterocycles. The number of rotatable bonds is 4. The van der Waals surface area contributed by atoms with Gasteiger partial charge in [-0.05, 0) is 6.07 Å². The number of hydrogen-bond acceptors (Lipinski definition) is 6. The molecule has 0 aliphatic rings. The van der Waals surface area contributed by atoms with Crippen LogP contribution in [0.4, 0.5) is 5.69 Å². The van der Waals surface area contributed by atoms with Crippen LogP contribution in [0.2, 0.25) is 0 Å². The van der Waals surface area contributed by atoms with E-state index in [9.17, 15) is 8.42 Å². The van der Waals surface area contributed by atoms with Crippen LogP contribution in [0.1, 0.15) is 4.88 Å². The molecule has 0 spiro atoms. The van der Waals surface area contributed by atoms with Crippen LogP contribution in [0.3, 0.4) is 0 Å². The van der Waals surface area contributed by atoms with Gasteiger partial charge in [0.25, 0.3) is 0 Å². The second kappa shape index (κ2) is 4.78. The minimum atomic E-state index is -3.63. The Hall–Kier alpha value is -1.51. The first-order chi connectivity index (χ1) is 8.09. The Labute approximate surface area is 103 Å². The van der Waals surface area contributed by atoms with Crippen LogP contribution in [-0.4, -0.2) is 18.4 Å². The standard InChI is InChI=1S/C9H10N4O2S2/c10-8-1-2-11-5-9(8)17(14,15)13-4-7-3-12-6-16-7/h1-3,5-6,13H,4H2,(H2,10,11). The molecule has 2 aromatic rings. The fraction of sp³-hybridized carbons (Fsp3) is 0.111. The number of sulfonamides is 1. The molecule has 0 bridgehead atoms. The molecule has 0 saturated carbocycles. The summed E-state index contributed by atoms with van der Waals surface area (Å²) >= 11 is 1.38. The van der Waals surface area contributed by atoms with E-state index in [1.54, 1.807) is 11.7 Å². The number of anilines is 1. The van der Waals surface area contributed by atoms with E-state index in [1.165, 1.54) is 29.8 Å². The molecule has 0 aliphatic carbocycles. The summed E-state index contributed by atoms with van der Waals surface area (Å²) in [5.74, 6) is 0. The molecule has 0 saturated heterocycles. The molecule has 8 heteroatoms. The van der Waals surface area contributed by atoms with Crippen LogP contribution < -0.4 is 10.5 Å². The first-order valence-corrected chi connectivity index (χ1v) is 7.02. The zero-order valence-corrected chi connectivity index (χ0v) is 10.3. The van der Waals surface area contributed by atoms with Crippen LogP contribution in [0.25, 0.3) is 0 Å². The minimum absolute atomic E-state index is 0.00971. The van der Waals surface area contributed by atoms with Crippen molar-refractivity contribution in [2.24, 2.45) is 0 Å². The van der Waals surface area contributed by atoms with E-state index in [4.69, 9.17) is 5.73 Å². The number of nitrogen functional groups attached to an aromatic ring is 1. The van der Waals surface area contributed by atoms with Gasteiger partial charge in [-0.2, -0.15) is 0 Å². The van der Waals surface area contributed by atoms with Gasteiger partial charge in [0, 0.05) is 30.0 Å². The normalized spacial score (nSPS) is 11.5. The highest BCUT2D eigenvalue weighted by Crippen LogP contribution is 2.16. The average molecular weight is 270 g/mol. The van der Waals surface area contributed by atoms with Crippen molar-refractivity contribution in [2.45, 2.75) is 11.4 Å². The number of nitrogens with two attached hydrogens (primary N) is 1. The Morgan fingerprint density at radius 3 is 2.82 bits per heavy atom. The first kappa shape index (κ1) is 12.0. The lowest BCUT2D eigenvalue weighted by Crippen LogP contribution is -2.23. The molecule has 90 valence electrons. The lowest BCUT2D eigenvalue weighted by atomic mass is 10.4. The molecule has 0 atom stereocenters. The summed E-state index contributed by atoms with van der Waals surface area (Å²) in [5.41, 5.74) is 7.41. The van der Waals surface area contributed by atoms with Crippen LogP contribution in [0.5, 0.6) is 0 Å². The van der Waals surface area contributed by atoms with Crippen molar-refractivity contribution in [1.29, 1.82) is 0 Å². The lowest BCUT2D eigenvalue weighted by Gasteiger charge is -2.06. The zero-order valence-electron chi connectivity index (χ0n) is 8.70. The van der Waals surface area contributed by atoms with Crippen molar-refractivity contribution >= 4 is 27.0 Å². The van der Waals surface area contributed by atoms with E-state index in [1.807, 2.05) is 0 Å². The molecular formula is C9H10N4O2S2. The Morgan fingerprint density at radius 1 is 1.35 bits per heavy atom. The van der Waals surface area contributed by atoms with Crippen LogP contribution in [0, 0.1) is 0 Å². The van der Waals surface area contributed by atoms with E-state index in [2.05, 4.69) is 14.7 Å². The molecule has 6 nitrogen and oxygen atoms in total. The van der Waals surface area contributed by atoms with Crippen LogP contribution >= 0.6 is 11.3 Å². The van der Waals surface area contributed by atoms with Gasteiger partial charge in [-0.25, -0.2) is 13.1 Å². The first-order valence-electron chi connectivity index (χ1n) is 4.66. The number of nitrogens with zero attached hydrogens (tertiary/aromatic N) is 2. The molecule has 17 heavy (non-hydrogen) atoms. The molecule has 0 amide bonds. The molecule has 0 unspecified atom stereocenters. The Bertz CT molecular complexity index is 595. The second-order valence-corrected chi connectivity index (χ2v) is 5.91. The summed E-state index contributed by atoms with van der Waals surface area (Å²) in [5, 5.41) is 0. The number of pyridine rings is 1. The van der Waals surface area contributed by atoms with Gasteiger partial charge in [0.05, 0.1) is 11.2 Å². The molecule has 0 aromatic carbocycles. The van der Waals surface area contributed by atoms with Gasteiger partial charge >= 0.3 is 0 Å². The van der Waals surface area contributed by atoms with Gasteiger partial charge in [-0.3, -0.25) is 9.97 Å². The highest BCUT2D eigenvalue weighted by molar-refractivity contribution is 7.89. The molecule has 3 N–H and O–H groups in total. The minimum Gasteiger partial charge on any atom is -0.398 e. The third-order valence-electron chi connectivity index (χ3n) is 2.03. The van der Waals surface area contributed by atoms with Gasteiger partial charge in [0.2, 0.25) is 10.0 Å². The maximum atomic E-state index is 11.9. The predicted molar refractivity (Wildman–Crippen MR) is 64.8 cm³/mol. The SMILES string of the molecule is Nc1ccncc1S(=O)(=O)NCc1cncs1. The van der Waals surface area contributed by atoms with Crippen LogP contribution in [0.15, 0.2) is 35.1 Å². The summed E-state index contributed by atoms with van der Waals surface area (Å²) in [7, 11) is -3.63. The van der Waals surface area contributed by atoms with Crippen LogP contribution in [-0.2, 0) is 16.6 Å². The van der Waals surface area contributed by atoms with Gasteiger partial charge in [-0.1, -0.05) is 0 Å². The van der Waals surface area contributed by atoms with E-state index >= 15 is 0 Å². The quantitative estimate of drug-likeness (QED) is 0.847. The average Bonchev–Trinajstić information content (AvgIpc) is 2.80. The van der Waals surface area contributed by atoms with E-state index in [0.717, 1.165) is 4.88 Å². The predicted octanol–water partition coefficient (Wildman–Crippen LogP) is 0.599. The Balaban J connectivity index is 2.17. The Kier molecular flexibility index (Phi) is 3.36. The maximum Gasteiger partial charge on any atom is 0.244 e. The molecular weight excluding hydrogens is 260 g/mol. The third-order valence-corrected chi connectivity index (χ3v) is 4.25. The molecule has 2 rings (SSSR count). The summed E-state index contributed by atoms with van der Waals surface area (Å²) in [6, 6.07) is 1.45. The third kappa shape index (κ3) is 2.78. The van der Waals surface area contributed by atoms with Crippen molar-refractivity contribution in [2.75, 3.05) is 5.73 Å². The van der Waals surface area contributed by atoms with E-state index in [-0.39, 0.29) is 17.1 Å². The molecule has 0 radical (unpaired) electrons. The smallest absolute Gasteiger partial charge is 0.244 e. The van der Waals surface area contributed by atoms with Gasteiger partial charge < -0.3 is 5.73 Å². The van der Waals surface area contributed by atoms with Crippen molar-refractivity contribution < 1.29 is 8.42 Å². The van der Waals surface area contributed by atoms with E-state index in [0.29, 0.717) is 0 Å². The monoisotopic (exact) mass is 270 g/mol. The number of nitrogens with one attached hydrogen (secondary N) is 1. The fourth-order valence-electron chi connectivity index (χ4n) is 1.19. The molecule has 2 aromatic heterocycles. The number of hydrogen-bond donors (Lipinski definition) is 2. The summed E-state index contributed by atoms with van der Waals surface area (Å²) < 4.78 is 26.2. The lowest BCUT2D eigenvalue weighted by molar-refractivity contribution is 0.582. The van der Waals surface area contributed by atoms with E-state index < -0.39 is 10.0 Å². The van der Waals surface area contributed by atoms with Gasteiger partial charge in [-0.15, -0.1) is 11.3 Å². The topological polar surface area (TPSA) is 98.0 Å². The Morgan fingerprint density at radius 2 is 2.18 bits per heavy atom. The van der Waals surface area contributed by atoms with Crippen molar-refractivity contribution in [1.82, 2.24) is 14.7 Å². The van der Waals surface area contributed by atoms with Gasteiger partial charge in [0.1, 0.15) is 4.90 Å². The highest BCUT2D eigenvalue weighted by Gasteiger charge is 2.17. The molecule has 0 fully saturated rings. The summed E-state index contributed by atoms with van der Waals surface area (Å²) in [4.78, 5) is 8.43. The van der Waals surface area contributed by atoms with Crippen molar-refractivity contribution in [3.8, 4) is 0 Å². The zero-order chi connectivity index (χ0) is 12.3. The molecule has 2 heterocycles. The number of aromatic nitrogens is 2. The highest BCUT2D eigenvalue weighted by atomic mass is 32.2. The summed E-state index contributed by atoms with van der Waals surface area (Å²) in [6.45, 7) is 0.196. The van der Waals surface area contributed by atoms with Crippen molar-refractivity contribution in [3.63, 3.8) is 0 Å². The second-order valence-electron chi connectivity index (χ2n) is 3.21. The summed E-state index contributed by atoms with van der Waals surface area (Å²) in [6.07, 6.45) is 4.28. The maximum absolute atomic E-state index is 11.9.